The van der Waals surface area contributed by atoms with E-state index < -0.39 is 10.0 Å². The number of carbonyl (C=O) groups excluding carboxylic acids is 1. The van der Waals surface area contributed by atoms with E-state index in [0.29, 0.717) is 36.7 Å². The van der Waals surface area contributed by atoms with Gasteiger partial charge in [-0.05, 0) is 36.6 Å². The molecule has 0 saturated carbocycles. The Morgan fingerprint density at radius 1 is 1.14 bits per heavy atom. The number of hydrogen-bond donors (Lipinski definition) is 1. The van der Waals surface area contributed by atoms with Crippen molar-refractivity contribution in [1.29, 1.82) is 0 Å². The fraction of sp³-hybridized carbons (Fsp3) is 0.381. The van der Waals surface area contributed by atoms with Gasteiger partial charge in [0.15, 0.2) is 0 Å². The maximum Gasteiger partial charge on any atom is 0.243 e. The average Bonchev–Trinajstić information content (AvgIpc) is 3.28. The molecule has 156 valence electrons. The van der Waals surface area contributed by atoms with Gasteiger partial charge in [-0.2, -0.15) is 16.1 Å². The summed E-state index contributed by atoms with van der Waals surface area (Å²) in [6.45, 7) is 1.07. The van der Waals surface area contributed by atoms with Crippen LogP contribution in [0, 0.1) is 0 Å². The van der Waals surface area contributed by atoms with Crippen molar-refractivity contribution in [2.45, 2.75) is 29.9 Å². The quantitative estimate of drug-likeness (QED) is 0.609. The van der Waals surface area contributed by atoms with Crippen LogP contribution in [-0.4, -0.2) is 44.6 Å². The predicted molar refractivity (Wildman–Crippen MR) is 117 cm³/mol. The van der Waals surface area contributed by atoms with E-state index in [9.17, 15) is 13.2 Å². The Hall–Kier alpha value is -2.03. The largest absolute Gasteiger partial charge is 0.495 e. The first-order valence-corrected chi connectivity index (χ1v) is 12.2. The SMILES string of the molecule is COc1ccc(S(=O)(=O)N2CCCC2)cc1NC(=O)CCSCc1ccccc1. The average molecular weight is 435 g/mol. The number of carbonyl (C=O) groups is 1. The molecule has 0 radical (unpaired) electrons. The topological polar surface area (TPSA) is 75.7 Å². The van der Waals surface area contributed by atoms with E-state index in [2.05, 4.69) is 17.4 Å². The molecule has 3 rings (SSSR count). The zero-order valence-electron chi connectivity index (χ0n) is 16.5. The fourth-order valence-corrected chi connectivity index (χ4v) is 5.61. The minimum Gasteiger partial charge on any atom is -0.495 e. The normalized spacial score (nSPS) is 14.7. The van der Waals surface area contributed by atoms with Crippen LogP contribution >= 0.6 is 11.8 Å². The molecule has 1 saturated heterocycles. The van der Waals surface area contributed by atoms with E-state index in [1.165, 1.54) is 29.1 Å². The molecule has 0 bridgehead atoms. The third kappa shape index (κ3) is 5.74. The van der Waals surface area contributed by atoms with Crippen LogP contribution < -0.4 is 10.1 Å². The Balaban J connectivity index is 1.60. The molecule has 2 aromatic rings. The van der Waals surface area contributed by atoms with Gasteiger partial charge in [0.1, 0.15) is 5.75 Å². The number of benzene rings is 2. The first kappa shape index (κ1) is 21.7. The second-order valence-electron chi connectivity index (χ2n) is 6.81. The summed E-state index contributed by atoms with van der Waals surface area (Å²) in [6, 6.07) is 14.7. The molecule has 6 nitrogen and oxygen atoms in total. The van der Waals surface area contributed by atoms with Crippen LogP contribution in [0.1, 0.15) is 24.8 Å². The number of methoxy groups -OCH3 is 1. The molecule has 29 heavy (non-hydrogen) atoms. The second kappa shape index (κ2) is 10.1. The molecule has 0 atom stereocenters. The molecule has 1 heterocycles. The van der Waals surface area contributed by atoms with E-state index in [-0.39, 0.29) is 10.8 Å². The summed E-state index contributed by atoms with van der Waals surface area (Å²) in [5.41, 5.74) is 1.60. The van der Waals surface area contributed by atoms with Gasteiger partial charge in [-0.1, -0.05) is 30.3 Å². The molecular weight excluding hydrogens is 408 g/mol. The highest BCUT2D eigenvalue weighted by Gasteiger charge is 2.28. The van der Waals surface area contributed by atoms with Gasteiger partial charge in [0, 0.05) is 31.0 Å². The number of hydrogen-bond acceptors (Lipinski definition) is 5. The van der Waals surface area contributed by atoms with Crippen molar-refractivity contribution in [1.82, 2.24) is 4.31 Å². The van der Waals surface area contributed by atoms with Gasteiger partial charge in [0.25, 0.3) is 0 Å². The second-order valence-corrected chi connectivity index (χ2v) is 9.85. The monoisotopic (exact) mass is 434 g/mol. The minimum absolute atomic E-state index is 0.167. The number of nitrogens with zero attached hydrogens (tertiary/aromatic N) is 1. The summed E-state index contributed by atoms with van der Waals surface area (Å²) in [7, 11) is -2.06. The molecule has 1 N–H and O–H groups in total. The lowest BCUT2D eigenvalue weighted by atomic mass is 10.2. The summed E-state index contributed by atoms with van der Waals surface area (Å²) < 4.78 is 32.4. The maximum atomic E-state index is 12.8. The zero-order valence-corrected chi connectivity index (χ0v) is 18.1. The van der Waals surface area contributed by atoms with Crippen molar-refractivity contribution in [3.05, 3.63) is 54.1 Å². The molecule has 1 aliphatic heterocycles. The van der Waals surface area contributed by atoms with Crippen LogP contribution in [0.2, 0.25) is 0 Å². The molecule has 0 aliphatic carbocycles. The smallest absolute Gasteiger partial charge is 0.243 e. The van der Waals surface area contributed by atoms with Crippen LogP contribution in [0.15, 0.2) is 53.4 Å². The van der Waals surface area contributed by atoms with Gasteiger partial charge in [-0.25, -0.2) is 8.42 Å². The van der Waals surface area contributed by atoms with Crippen LogP contribution in [-0.2, 0) is 20.6 Å². The lowest BCUT2D eigenvalue weighted by Gasteiger charge is -2.17. The molecule has 1 fully saturated rings. The summed E-state index contributed by atoms with van der Waals surface area (Å²) in [5, 5.41) is 2.80. The number of sulfonamides is 1. The number of anilines is 1. The highest BCUT2D eigenvalue weighted by Crippen LogP contribution is 2.30. The summed E-state index contributed by atoms with van der Waals surface area (Å²) in [4.78, 5) is 12.5. The summed E-state index contributed by atoms with van der Waals surface area (Å²) in [6.07, 6.45) is 2.09. The Labute approximate surface area is 176 Å². The molecule has 1 amide bonds. The number of nitrogens with one attached hydrogen (secondary N) is 1. The zero-order chi connectivity index (χ0) is 20.7. The molecule has 2 aromatic carbocycles. The highest BCUT2D eigenvalue weighted by atomic mass is 32.2. The molecule has 0 unspecified atom stereocenters. The van der Waals surface area contributed by atoms with Crippen molar-refractivity contribution in [3.63, 3.8) is 0 Å². The Morgan fingerprint density at radius 3 is 2.55 bits per heavy atom. The van der Waals surface area contributed by atoms with Crippen molar-refractivity contribution in [2.24, 2.45) is 0 Å². The van der Waals surface area contributed by atoms with Crippen molar-refractivity contribution < 1.29 is 17.9 Å². The van der Waals surface area contributed by atoms with Gasteiger partial charge in [0.05, 0.1) is 17.7 Å². The fourth-order valence-electron chi connectivity index (χ4n) is 3.16. The van der Waals surface area contributed by atoms with Gasteiger partial charge in [-0.15, -0.1) is 0 Å². The molecule has 8 heteroatoms. The third-order valence-corrected chi connectivity index (χ3v) is 7.66. The number of ether oxygens (including phenoxy) is 1. The van der Waals surface area contributed by atoms with Gasteiger partial charge in [-0.3, -0.25) is 4.79 Å². The Morgan fingerprint density at radius 2 is 1.86 bits per heavy atom. The highest BCUT2D eigenvalue weighted by molar-refractivity contribution is 7.98. The maximum absolute atomic E-state index is 12.8. The first-order chi connectivity index (χ1) is 14.0. The van der Waals surface area contributed by atoms with Gasteiger partial charge in [0.2, 0.25) is 15.9 Å². The standard InChI is InChI=1S/C21H26N2O4S2/c1-27-20-10-9-18(29(25,26)23-12-5-6-13-23)15-19(20)22-21(24)11-14-28-16-17-7-3-2-4-8-17/h2-4,7-10,15H,5-6,11-14,16H2,1H3,(H,22,24). The predicted octanol–water partition coefficient (Wildman–Crippen LogP) is 3.74. The van der Waals surface area contributed by atoms with E-state index in [0.717, 1.165) is 18.6 Å². The van der Waals surface area contributed by atoms with E-state index >= 15 is 0 Å². The molecule has 1 aliphatic rings. The van der Waals surface area contributed by atoms with Crippen LogP contribution in [0.25, 0.3) is 0 Å². The lowest BCUT2D eigenvalue weighted by molar-refractivity contribution is -0.115. The van der Waals surface area contributed by atoms with Crippen molar-refractivity contribution in [3.8, 4) is 5.75 Å². The van der Waals surface area contributed by atoms with E-state index in [1.54, 1.807) is 17.8 Å². The van der Waals surface area contributed by atoms with E-state index in [1.807, 2.05) is 18.2 Å². The summed E-state index contributed by atoms with van der Waals surface area (Å²) >= 11 is 1.68. The van der Waals surface area contributed by atoms with Gasteiger partial charge >= 0.3 is 0 Å². The lowest BCUT2D eigenvalue weighted by Crippen LogP contribution is -2.28. The van der Waals surface area contributed by atoms with E-state index in [4.69, 9.17) is 4.74 Å². The van der Waals surface area contributed by atoms with Crippen LogP contribution in [0.5, 0.6) is 5.75 Å². The van der Waals surface area contributed by atoms with Crippen LogP contribution in [0.3, 0.4) is 0 Å². The van der Waals surface area contributed by atoms with Crippen LogP contribution in [0.4, 0.5) is 5.69 Å². The Bertz CT molecular complexity index is 927. The minimum atomic E-state index is -3.55. The first-order valence-electron chi connectivity index (χ1n) is 9.60. The number of thioether (sulfide) groups is 1. The number of amides is 1. The Kier molecular flexibility index (Phi) is 7.57. The third-order valence-electron chi connectivity index (χ3n) is 4.73. The van der Waals surface area contributed by atoms with Crippen molar-refractivity contribution in [2.75, 3.05) is 31.3 Å². The van der Waals surface area contributed by atoms with Gasteiger partial charge < -0.3 is 10.1 Å². The molecule has 0 aromatic heterocycles. The molecule has 0 spiro atoms. The molecular formula is C21H26N2O4S2. The van der Waals surface area contributed by atoms with Crippen molar-refractivity contribution >= 4 is 33.4 Å². The summed E-state index contributed by atoms with van der Waals surface area (Å²) in [5.74, 6) is 1.80. The number of rotatable bonds is 9.